The summed E-state index contributed by atoms with van der Waals surface area (Å²) in [7, 11) is 0. The number of nitrogens with one attached hydrogen (secondary N) is 1. The highest BCUT2D eigenvalue weighted by Crippen LogP contribution is 2.22. The number of nitrogens with zero attached hydrogens (tertiary/aromatic N) is 1. The minimum absolute atomic E-state index is 0.484. The molecule has 3 heteroatoms. The van der Waals surface area contributed by atoms with E-state index in [4.69, 9.17) is 11.6 Å². The maximum atomic E-state index is 6.21. The van der Waals surface area contributed by atoms with Crippen molar-refractivity contribution in [2.45, 2.75) is 26.8 Å². The predicted octanol–water partition coefficient (Wildman–Crippen LogP) is 4.21. The molecule has 2 nitrogen and oxygen atoms in total. The zero-order chi connectivity index (χ0) is 13.8. The first-order valence-corrected chi connectivity index (χ1v) is 6.91. The third kappa shape index (κ3) is 3.79. The Labute approximate surface area is 119 Å². The summed E-state index contributed by atoms with van der Waals surface area (Å²) in [6, 6.07) is 8.78. The highest BCUT2D eigenvalue weighted by molar-refractivity contribution is 6.31. The van der Waals surface area contributed by atoms with Crippen LogP contribution in [0.15, 0.2) is 30.3 Å². The van der Waals surface area contributed by atoms with Gasteiger partial charge in [0, 0.05) is 23.5 Å². The van der Waals surface area contributed by atoms with E-state index in [-0.39, 0.29) is 0 Å². The van der Waals surface area contributed by atoms with E-state index in [1.165, 1.54) is 5.56 Å². The van der Waals surface area contributed by atoms with Crippen molar-refractivity contribution in [1.29, 1.82) is 0 Å². The summed E-state index contributed by atoms with van der Waals surface area (Å²) in [6.07, 6.45) is 4.09. The van der Waals surface area contributed by atoms with Crippen molar-refractivity contribution in [1.82, 2.24) is 10.3 Å². The summed E-state index contributed by atoms with van der Waals surface area (Å²) >= 11 is 6.21. The molecule has 0 atom stereocenters. The average molecular weight is 275 g/mol. The Hall–Kier alpha value is -1.38. The van der Waals surface area contributed by atoms with Crippen LogP contribution in [-0.2, 0) is 0 Å². The van der Waals surface area contributed by atoms with E-state index in [0.717, 1.165) is 23.0 Å². The molecule has 0 aliphatic heterocycles. The highest BCUT2D eigenvalue weighted by Gasteiger charge is 2.02. The molecule has 1 heterocycles. The van der Waals surface area contributed by atoms with E-state index in [0.29, 0.717) is 11.2 Å². The van der Waals surface area contributed by atoms with Crippen molar-refractivity contribution >= 4 is 28.6 Å². The van der Waals surface area contributed by atoms with Gasteiger partial charge >= 0.3 is 0 Å². The van der Waals surface area contributed by atoms with E-state index in [2.05, 4.69) is 61.4 Å². The van der Waals surface area contributed by atoms with Gasteiger partial charge in [-0.3, -0.25) is 0 Å². The van der Waals surface area contributed by atoms with Gasteiger partial charge in [0.25, 0.3) is 0 Å². The second kappa shape index (κ2) is 6.18. The Bertz CT molecular complexity index is 603. The lowest BCUT2D eigenvalue weighted by Gasteiger charge is -2.05. The molecule has 0 amide bonds. The molecule has 0 aliphatic carbocycles. The van der Waals surface area contributed by atoms with Crippen molar-refractivity contribution in [3.05, 3.63) is 46.6 Å². The average Bonchev–Trinajstić information content (AvgIpc) is 2.34. The van der Waals surface area contributed by atoms with Crippen LogP contribution in [0.1, 0.15) is 25.0 Å². The fraction of sp³-hybridized carbons (Fsp3) is 0.312. The normalized spacial score (nSPS) is 11.8. The van der Waals surface area contributed by atoms with Crippen LogP contribution in [0.5, 0.6) is 0 Å². The number of hydrogen-bond acceptors (Lipinski definition) is 2. The molecule has 2 aromatic rings. The Morgan fingerprint density at radius 3 is 2.84 bits per heavy atom. The maximum Gasteiger partial charge on any atom is 0.136 e. The molecule has 0 saturated carbocycles. The van der Waals surface area contributed by atoms with Gasteiger partial charge in [-0.25, -0.2) is 4.98 Å². The number of fused-ring (bicyclic) bond motifs is 1. The largest absolute Gasteiger partial charge is 0.311 e. The van der Waals surface area contributed by atoms with Crippen molar-refractivity contribution in [2.24, 2.45) is 0 Å². The Morgan fingerprint density at radius 2 is 2.11 bits per heavy atom. The molecule has 0 fully saturated rings. The molecule has 1 aromatic carbocycles. The Balaban J connectivity index is 2.24. The second-order valence-corrected chi connectivity index (χ2v) is 5.39. The predicted molar refractivity (Wildman–Crippen MR) is 83.7 cm³/mol. The molecule has 1 aromatic heterocycles. The molecule has 0 saturated heterocycles. The molecule has 0 bridgehead atoms. The maximum absolute atomic E-state index is 6.21. The molecule has 0 radical (unpaired) electrons. The van der Waals surface area contributed by atoms with Crippen LogP contribution < -0.4 is 5.32 Å². The van der Waals surface area contributed by atoms with Crippen molar-refractivity contribution in [3.63, 3.8) is 0 Å². The lowest BCUT2D eigenvalue weighted by Crippen LogP contribution is -2.22. The molecular formula is C16H19ClN2. The quantitative estimate of drug-likeness (QED) is 0.845. The lowest BCUT2D eigenvalue weighted by molar-refractivity contribution is 0.633. The number of benzene rings is 1. The zero-order valence-corrected chi connectivity index (χ0v) is 12.3. The van der Waals surface area contributed by atoms with Crippen molar-refractivity contribution < 1.29 is 0 Å². The minimum atomic E-state index is 0.484. The lowest BCUT2D eigenvalue weighted by atomic mass is 10.1. The fourth-order valence-electron chi connectivity index (χ4n) is 1.88. The summed E-state index contributed by atoms with van der Waals surface area (Å²) in [5.74, 6) is 0. The number of aromatic nitrogens is 1. The van der Waals surface area contributed by atoms with Crippen LogP contribution in [0.4, 0.5) is 0 Å². The van der Waals surface area contributed by atoms with E-state index in [9.17, 15) is 0 Å². The molecular weight excluding hydrogens is 256 g/mol. The van der Waals surface area contributed by atoms with Crippen LogP contribution in [0, 0.1) is 6.92 Å². The monoisotopic (exact) mass is 274 g/mol. The van der Waals surface area contributed by atoms with Gasteiger partial charge in [-0.15, -0.1) is 0 Å². The number of halogens is 1. The number of rotatable bonds is 4. The molecule has 0 spiro atoms. The molecule has 0 unspecified atom stereocenters. The van der Waals surface area contributed by atoms with Crippen molar-refractivity contribution in [3.8, 4) is 0 Å². The van der Waals surface area contributed by atoms with Gasteiger partial charge in [0.05, 0.1) is 5.52 Å². The van der Waals surface area contributed by atoms with E-state index in [1.54, 1.807) is 0 Å². The smallest absolute Gasteiger partial charge is 0.136 e. The SMILES string of the molecule is Cc1ccc2cc(C=CCNC(C)C)c(Cl)nc2c1. The van der Waals surface area contributed by atoms with Gasteiger partial charge in [-0.1, -0.05) is 49.7 Å². The first-order chi connectivity index (χ1) is 9.06. The molecule has 19 heavy (non-hydrogen) atoms. The number of hydrogen-bond donors (Lipinski definition) is 1. The summed E-state index contributed by atoms with van der Waals surface area (Å²) in [6.45, 7) is 7.14. The molecule has 100 valence electrons. The fourth-order valence-corrected chi connectivity index (χ4v) is 2.09. The summed E-state index contributed by atoms with van der Waals surface area (Å²) in [4.78, 5) is 4.44. The van der Waals surface area contributed by atoms with Gasteiger partial charge in [0.1, 0.15) is 5.15 Å². The van der Waals surface area contributed by atoms with Gasteiger partial charge in [0.2, 0.25) is 0 Å². The summed E-state index contributed by atoms with van der Waals surface area (Å²) in [5, 5.41) is 5.00. The van der Waals surface area contributed by atoms with E-state index >= 15 is 0 Å². The van der Waals surface area contributed by atoms with Gasteiger partial charge < -0.3 is 5.32 Å². The highest BCUT2D eigenvalue weighted by atomic mass is 35.5. The number of aryl methyl sites for hydroxylation is 1. The first-order valence-electron chi connectivity index (χ1n) is 6.53. The van der Waals surface area contributed by atoms with Crippen LogP contribution >= 0.6 is 11.6 Å². The van der Waals surface area contributed by atoms with Crippen molar-refractivity contribution in [2.75, 3.05) is 6.54 Å². The van der Waals surface area contributed by atoms with Crippen LogP contribution in [0.25, 0.3) is 17.0 Å². The zero-order valence-electron chi connectivity index (χ0n) is 11.6. The third-order valence-corrected chi connectivity index (χ3v) is 3.20. The minimum Gasteiger partial charge on any atom is -0.311 e. The van der Waals surface area contributed by atoms with Crippen LogP contribution in [0.2, 0.25) is 5.15 Å². The first kappa shape index (κ1) is 14.0. The standard InChI is InChI=1S/C16H19ClN2/c1-11(2)18-8-4-5-14-10-13-7-6-12(3)9-15(13)19-16(14)17/h4-7,9-11,18H,8H2,1-3H3. The van der Waals surface area contributed by atoms with E-state index in [1.807, 2.05) is 6.08 Å². The third-order valence-electron chi connectivity index (χ3n) is 2.90. The topological polar surface area (TPSA) is 24.9 Å². The van der Waals surface area contributed by atoms with Gasteiger partial charge in [-0.05, 0) is 24.6 Å². The summed E-state index contributed by atoms with van der Waals surface area (Å²) < 4.78 is 0. The van der Waals surface area contributed by atoms with Gasteiger partial charge in [-0.2, -0.15) is 0 Å². The molecule has 2 rings (SSSR count). The van der Waals surface area contributed by atoms with E-state index < -0.39 is 0 Å². The van der Waals surface area contributed by atoms with Crippen LogP contribution in [-0.4, -0.2) is 17.6 Å². The Morgan fingerprint density at radius 1 is 1.32 bits per heavy atom. The number of pyridine rings is 1. The molecule has 0 aliphatic rings. The summed E-state index contributed by atoms with van der Waals surface area (Å²) in [5.41, 5.74) is 3.10. The Kier molecular flexibility index (Phi) is 4.56. The molecule has 1 N–H and O–H groups in total. The van der Waals surface area contributed by atoms with Crippen LogP contribution in [0.3, 0.4) is 0 Å². The van der Waals surface area contributed by atoms with Gasteiger partial charge in [0.15, 0.2) is 0 Å². The second-order valence-electron chi connectivity index (χ2n) is 5.03.